The highest BCUT2D eigenvalue weighted by Crippen LogP contribution is 2.19. The molecule has 1 heterocycles. The van der Waals surface area contributed by atoms with E-state index in [2.05, 4.69) is 14.1 Å². The Balaban J connectivity index is 2.25. The van der Waals surface area contributed by atoms with Crippen molar-refractivity contribution in [1.29, 1.82) is 0 Å². The van der Waals surface area contributed by atoms with Crippen molar-refractivity contribution in [3.05, 3.63) is 23.5 Å². The van der Waals surface area contributed by atoms with E-state index in [9.17, 15) is 9.18 Å². The van der Waals surface area contributed by atoms with E-state index in [0.29, 0.717) is 16.6 Å². The fraction of sp³-hybridized carbons (Fsp3) is 0.300. The lowest BCUT2D eigenvalue weighted by molar-refractivity contribution is 0.217. The summed E-state index contributed by atoms with van der Waals surface area (Å²) in [4.78, 5) is 12.7. The summed E-state index contributed by atoms with van der Waals surface area (Å²) in [6.45, 7) is 0.103. The molecule has 5 nitrogen and oxygen atoms in total. The number of carbonyl (C=O) groups is 1. The number of rotatable bonds is 2. The van der Waals surface area contributed by atoms with E-state index < -0.39 is 0 Å². The van der Waals surface area contributed by atoms with E-state index in [4.69, 9.17) is 0 Å². The maximum Gasteiger partial charge on any atom is 0.317 e. The Hall–Kier alpha value is -1.76. The minimum atomic E-state index is -0.385. The summed E-state index contributed by atoms with van der Waals surface area (Å²) in [5.74, 6) is -0.385. The fourth-order valence-corrected chi connectivity index (χ4v) is 1.93. The van der Waals surface area contributed by atoms with Gasteiger partial charge in [-0.25, -0.2) is 9.18 Å². The number of hydrogen-bond donors (Lipinski definition) is 1. The lowest BCUT2D eigenvalue weighted by atomic mass is 10.1. The SMILES string of the molecule is CN(C)C(=O)NCc1c(F)ccc2nsnc12. The number of urea groups is 1. The molecule has 90 valence electrons. The van der Waals surface area contributed by atoms with Gasteiger partial charge in [0.2, 0.25) is 0 Å². The summed E-state index contributed by atoms with van der Waals surface area (Å²) in [5.41, 5.74) is 1.52. The van der Waals surface area contributed by atoms with Crippen molar-refractivity contribution in [1.82, 2.24) is 19.0 Å². The highest BCUT2D eigenvalue weighted by atomic mass is 32.1. The predicted molar refractivity (Wildman–Crippen MR) is 63.3 cm³/mol. The monoisotopic (exact) mass is 254 g/mol. The number of benzene rings is 1. The molecule has 0 unspecified atom stereocenters. The first-order valence-corrected chi connectivity index (χ1v) is 5.67. The number of hydrogen-bond acceptors (Lipinski definition) is 4. The van der Waals surface area contributed by atoms with Crippen molar-refractivity contribution in [3.63, 3.8) is 0 Å². The van der Waals surface area contributed by atoms with Crippen LogP contribution in [0.2, 0.25) is 0 Å². The molecule has 0 aliphatic heterocycles. The van der Waals surface area contributed by atoms with Gasteiger partial charge in [0.05, 0.1) is 11.7 Å². The smallest absolute Gasteiger partial charge is 0.317 e. The highest BCUT2D eigenvalue weighted by molar-refractivity contribution is 7.00. The van der Waals surface area contributed by atoms with E-state index in [1.807, 2.05) is 0 Å². The van der Waals surface area contributed by atoms with Crippen molar-refractivity contribution >= 4 is 28.8 Å². The lowest BCUT2D eigenvalue weighted by Gasteiger charge is -2.12. The minimum Gasteiger partial charge on any atom is -0.334 e. The van der Waals surface area contributed by atoms with Crippen LogP contribution >= 0.6 is 11.7 Å². The first-order chi connectivity index (χ1) is 8.09. The van der Waals surface area contributed by atoms with E-state index in [0.717, 1.165) is 11.7 Å². The minimum absolute atomic E-state index is 0.103. The summed E-state index contributed by atoms with van der Waals surface area (Å²) >= 11 is 1.03. The van der Waals surface area contributed by atoms with Crippen LogP contribution in [0.3, 0.4) is 0 Å². The van der Waals surface area contributed by atoms with E-state index in [-0.39, 0.29) is 18.4 Å². The van der Waals surface area contributed by atoms with Crippen LogP contribution in [0.15, 0.2) is 12.1 Å². The van der Waals surface area contributed by atoms with Gasteiger partial charge in [-0.1, -0.05) is 0 Å². The van der Waals surface area contributed by atoms with Crippen molar-refractivity contribution in [2.24, 2.45) is 0 Å². The maximum atomic E-state index is 13.6. The quantitative estimate of drug-likeness (QED) is 0.885. The van der Waals surface area contributed by atoms with Gasteiger partial charge >= 0.3 is 6.03 Å². The number of halogens is 1. The molecule has 0 spiro atoms. The third-order valence-electron chi connectivity index (χ3n) is 2.30. The van der Waals surface area contributed by atoms with Crippen LogP contribution in [-0.2, 0) is 6.54 Å². The second kappa shape index (κ2) is 4.62. The summed E-state index contributed by atoms with van der Waals surface area (Å²) in [5, 5.41) is 2.60. The Morgan fingerprint density at radius 1 is 1.47 bits per heavy atom. The van der Waals surface area contributed by atoms with E-state index in [1.54, 1.807) is 20.2 Å². The van der Waals surface area contributed by atoms with Gasteiger partial charge in [-0.2, -0.15) is 8.75 Å². The number of nitrogens with one attached hydrogen (secondary N) is 1. The summed E-state index contributed by atoms with van der Waals surface area (Å²) in [6, 6.07) is 2.64. The van der Waals surface area contributed by atoms with Crippen LogP contribution in [0.25, 0.3) is 11.0 Å². The molecule has 2 amide bonds. The number of aromatic nitrogens is 2. The predicted octanol–water partition coefficient (Wildman–Crippen LogP) is 1.60. The molecule has 0 radical (unpaired) electrons. The van der Waals surface area contributed by atoms with Crippen LogP contribution in [0.1, 0.15) is 5.56 Å². The Bertz CT molecular complexity index is 554. The highest BCUT2D eigenvalue weighted by Gasteiger charge is 2.12. The summed E-state index contributed by atoms with van der Waals surface area (Å²) < 4.78 is 21.7. The zero-order valence-corrected chi connectivity index (χ0v) is 10.2. The summed E-state index contributed by atoms with van der Waals surface area (Å²) in [6.07, 6.45) is 0. The molecular weight excluding hydrogens is 243 g/mol. The molecule has 0 saturated heterocycles. The second-order valence-corrected chi connectivity index (χ2v) is 4.24. The molecule has 1 N–H and O–H groups in total. The first kappa shape index (κ1) is 11.7. The molecule has 0 aliphatic carbocycles. The van der Waals surface area contributed by atoms with Crippen LogP contribution in [-0.4, -0.2) is 33.8 Å². The fourth-order valence-electron chi connectivity index (χ4n) is 1.37. The standard InChI is InChI=1S/C10H11FN4OS/c1-15(2)10(16)12-5-6-7(11)3-4-8-9(6)14-17-13-8/h3-4H,5H2,1-2H3,(H,12,16). The molecule has 0 saturated carbocycles. The van der Waals surface area contributed by atoms with Gasteiger partial charge in [-0.05, 0) is 12.1 Å². The topological polar surface area (TPSA) is 58.1 Å². The van der Waals surface area contributed by atoms with Gasteiger partial charge in [-0.15, -0.1) is 0 Å². The van der Waals surface area contributed by atoms with Gasteiger partial charge < -0.3 is 10.2 Å². The largest absolute Gasteiger partial charge is 0.334 e. The Kier molecular flexibility index (Phi) is 3.19. The van der Waals surface area contributed by atoms with E-state index >= 15 is 0 Å². The van der Waals surface area contributed by atoms with Gasteiger partial charge in [0.1, 0.15) is 16.9 Å². The molecule has 0 bridgehead atoms. The Labute approximate surface area is 102 Å². The van der Waals surface area contributed by atoms with Crippen LogP contribution in [0, 0.1) is 5.82 Å². The number of carbonyl (C=O) groups excluding carboxylic acids is 1. The average Bonchev–Trinajstić information content (AvgIpc) is 2.75. The molecule has 0 aliphatic rings. The molecule has 2 rings (SSSR count). The molecule has 17 heavy (non-hydrogen) atoms. The van der Waals surface area contributed by atoms with Crippen molar-refractivity contribution in [2.75, 3.05) is 14.1 Å². The van der Waals surface area contributed by atoms with Gasteiger partial charge in [0.15, 0.2) is 0 Å². The van der Waals surface area contributed by atoms with Crippen LogP contribution in [0.5, 0.6) is 0 Å². The molecule has 0 fully saturated rings. The maximum absolute atomic E-state index is 13.6. The first-order valence-electron chi connectivity index (χ1n) is 4.94. The normalized spacial score (nSPS) is 10.5. The Morgan fingerprint density at radius 3 is 2.94 bits per heavy atom. The zero-order valence-electron chi connectivity index (χ0n) is 9.40. The molecular formula is C10H11FN4OS. The van der Waals surface area contributed by atoms with E-state index in [1.165, 1.54) is 11.0 Å². The number of nitrogens with zero attached hydrogens (tertiary/aromatic N) is 3. The number of fused-ring (bicyclic) bond motifs is 1. The third kappa shape index (κ3) is 2.33. The number of amides is 2. The molecule has 2 aromatic rings. The summed E-state index contributed by atoms with van der Waals surface area (Å²) in [7, 11) is 3.24. The molecule has 0 atom stereocenters. The zero-order chi connectivity index (χ0) is 12.4. The second-order valence-electron chi connectivity index (χ2n) is 3.71. The third-order valence-corrected chi connectivity index (χ3v) is 2.84. The average molecular weight is 254 g/mol. The van der Waals surface area contributed by atoms with Gasteiger partial charge in [-0.3, -0.25) is 0 Å². The van der Waals surface area contributed by atoms with Crippen LogP contribution < -0.4 is 5.32 Å². The van der Waals surface area contributed by atoms with Crippen molar-refractivity contribution < 1.29 is 9.18 Å². The Morgan fingerprint density at radius 2 is 2.24 bits per heavy atom. The lowest BCUT2D eigenvalue weighted by Crippen LogP contribution is -2.34. The molecule has 1 aromatic heterocycles. The van der Waals surface area contributed by atoms with Crippen molar-refractivity contribution in [2.45, 2.75) is 6.54 Å². The van der Waals surface area contributed by atoms with Crippen molar-refractivity contribution in [3.8, 4) is 0 Å². The van der Waals surface area contributed by atoms with Crippen LogP contribution in [0.4, 0.5) is 9.18 Å². The molecule has 7 heteroatoms. The van der Waals surface area contributed by atoms with Gasteiger partial charge in [0.25, 0.3) is 0 Å². The molecule has 1 aromatic carbocycles. The van der Waals surface area contributed by atoms with Gasteiger partial charge in [0, 0.05) is 26.2 Å².